The molecule has 0 spiro atoms. The average molecular weight is 264 g/mol. The molecule has 1 aromatic rings. The first-order valence-corrected chi connectivity index (χ1v) is 6.69. The molecule has 3 N–H and O–H groups in total. The highest BCUT2D eigenvalue weighted by Crippen LogP contribution is 2.35. The van der Waals surface area contributed by atoms with Gasteiger partial charge in [0.25, 0.3) is 0 Å². The molecule has 0 unspecified atom stereocenters. The fraction of sp³-hybridized carbons (Fsp3) is 0.571. The smallest absolute Gasteiger partial charge is 0.354 e. The van der Waals surface area contributed by atoms with Crippen molar-refractivity contribution in [1.82, 2.24) is 4.98 Å². The van der Waals surface area contributed by atoms with Crippen molar-refractivity contribution in [2.24, 2.45) is 5.41 Å². The predicted molar refractivity (Wildman–Crippen MR) is 72.3 cm³/mol. The maximum absolute atomic E-state index is 10.8. The van der Waals surface area contributed by atoms with E-state index in [4.69, 9.17) is 5.11 Å². The second kappa shape index (κ2) is 6.02. The Morgan fingerprint density at radius 1 is 1.37 bits per heavy atom. The van der Waals surface area contributed by atoms with Crippen LogP contribution in [0.3, 0.4) is 0 Å². The first-order valence-electron chi connectivity index (χ1n) is 6.69. The lowest BCUT2D eigenvalue weighted by atomic mass is 9.74. The highest BCUT2D eigenvalue weighted by Gasteiger charge is 2.31. The van der Waals surface area contributed by atoms with Crippen LogP contribution >= 0.6 is 0 Å². The molecule has 0 bridgehead atoms. The number of aromatic carboxylic acids is 1. The molecule has 104 valence electrons. The first-order chi connectivity index (χ1) is 9.15. The van der Waals surface area contributed by atoms with E-state index in [2.05, 4.69) is 10.3 Å². The van der Waals surface area contributed by atoms with Crippen molar-refractivity contribution in [2.75, 3.05) is 18.5 Å². The van der Waals surface area contributed by atoms with E-state index in [1.807, 2.05) is 0 Å². The van der Waals surface area contributed by atoms with Gasteiger partial charge >= 0.3 is 5.97 Å². The number of nitrogens with one attached hydrogen (secondary N) is 1. The van der Waals surface area contributed by atoms with Crippen LogP contribution in [0.5, 0.6) is 0 Å². The summed E-state index contributed by atoms with van der Waals surface area (Å²) in [6.07, 6.45) is 7.07. The number of carboxylic acid groups (broad SMARTS) is 1. The van der Waals surface area contributed by atoms with E-state index < -0.39 is 5.97 Å². The summed E-state index contributed by atoms with van der Waals surface area (Å²) in [5.74, 6) is -1.03. The molecule has 0 radical (unpaired) electrons. The third-order valence-electron chi connectivity index (χ3n) is 3.90. The molecule has 0 saturated heterocycles. The third-order valence-corrected chi connectivity index (χ3v) is 3.90. The number of aromatic nitrogens is 1. The molecule has 1 heterocycles. The van der Waals surface area contributed by atoms with Gasteiger partial charge in [0.05, 0.1) is 6.61 Å². The van der Waals surface area contributed by atoms with Crippen LogP contribution in [-0.4, -0.2) is 34.3 Å². The largest absolute Gasteiger partial charge is 0.477 e. The van der Waals surface area contributed by atoms with Gasteiger partial charge in [0.1, 0.15) is 5.69 Å². The Balaban J connectivity index is 2.00. The Kier molecular flexibility index (Phi) is 4.37. The normalized spacial score (nSPS) is 17.9. The summed E-state index contributed by atoms with van der Waals surface area (Å²) < 4.78 is 0. The standard InChI is InChI=1S/C14H20N2O3/c17-10-14(5-2-1-3-6-14)9-16-11-4-7-15-12(8-11)13(18)19/h4,7-8,17H,1-3,5-6,9-10H2,(H,15,16)(H,18,19). The van der Waals surface area contributed by atoms with Crippen LogP contribution in [0.25, 0.3) is 0 Å². The second-order valence-corrected chi connectivity index (χ2v) is 5.31. The lowest BCUT2D eigenvalue weighted by Gasteiger charge is -2.36. The lowest BCUT2D eigenvalue weighted by Crippen LogP contribution is -2.35. The molecule has 0 aliphatic heterocycles. The van der Waals surface area contributed by atoms with Gasteiger partial charge in [-0.15, -0.1) is 0 Å². The summed E-state index contributed by atoms with van der Waals surface area (Å²) in [6, 6.07) is 3.27. The molecule has 0 amide bonds. The van der Waals surface area contributed by atoms with Gasteiger partial charge in [0, 0.05) is 23.8 Å². The number of nitrogens with zero attached hydrogens (tertiary/aromatic N) is 1. The minimum absolute atomic E-state index is 0.0340. The minimum Gasteiger partial charge on any atom is -0.477 e. The number of rotatable bonds is 5. The molecular formula is C14H20N2O3. The number of hydrogen-bond donors (Lipinski definition) is 3. The van der Waals surface area contributed by atoms with Crippen LogP contribution in [-0.2, 0) is 0 Å². The van der Waals surface area contributed by atoms with Crippen molar-refractivity contribution in [1.29, 1.82) is 0 Å². The van der Waals surface area contributed by atoms with Crippen molar-refractivity contribution in [3.63, 3.8) is 0 Å². The van der Waals surface area contributed by atoms with Gasteiger partial charge in [0.15, 0.2) is 0 Å². The van der Waals surface area contributed by atoms with Crippen molar-refractivity contribution < 1.29 is 15.0 Å². The van der Waals surface area contributed by atoms with E-state index in [9.17, 15) is 9.90 Å². The maximum Gasteiger partial charge on any atom is 0.354 e. The molecule has 0 aromatic carbocycles. The quantitative estimate of drug-likeness (QED) is 0.759. The Hall–Kier alpha value is -1.62. The Labute approximate surface area is 112 Å². The van der Waals surface area contributed by atoms with Crippen molar-refractivity contribution in [3.8, 4) is 0 Å². The lowest BCUT2D eigenvalue weighted by molar-refractivity contribution is 0.0690. The van der Waals surface area contributed by atoms with Crippen LogP contribution in [0.1, 0.15) is 42.6 Å². The van der Waals surface area contributed by atoms with Crippen molar-refractivity contribution in [3.05, 3.63) is 24.0 Å². The summed E-state index contributed by atoms with van der Waals surface area (Å²) in [7, 11) is 0. The van der Waals surface area contributed by atoms with Gasteiger partial charge in [-0.05, 0) is 25.0 Å². The Morgan fingerprint density at radius 2 is 2.11 bits per heavy atom. The topological polar surface area (TPSA) is 82.5 Å². The molecule has 19 heavy (non-hydrogen) atoms. The maximum atomic E-state index is 10.8. The molecule has 5 heteroatoms. The van der Waals surface area contributed by atoms with Crippen LogP contribution in [0.2, 0.25) is 0 Å². The Morgan fingerprint density at radius 3 is 2.74 bits per heavy atom. The highest BCUT2D eigenvalue weighted by atomic mass is 16.4. The predicted octanol–water partition coefficient (Wildman–Crippen LogP) is 2.13. The first kappa shape index (κ1) is 13.8. The molecule has 1 aliphatic rings. The molecule has 1 aromatic heterocycles. The number of aliphatic hydroxyl groups excluding tert-OH is 1. The highest BCUT2D eigenvalue weighted by molar-refractivity contribution is 5.86. The zero-order chi connectivity index (χ0) is 13.7. The number of anilines is 1. The van der Waals surface area contributed by atoms with Crippen LogP contribution in [0.4, 0.5) is 5.69 Å². The van der Waals surface area contributed by atoms with E-state index in [0.29, 0.717) is 6.54 Å². The second-order valence-electron chi connectivity index (χ2n) is 5.31. The summed E-state index contributed by atoms with van der Waals surface area (Å²) in [6.45, 7) is 0.851. The minimum atomic E-state index is -1.03. The summed E-state index contributed by atoms with van der Waals surface area (Å²) in [4.78, 5) is 14.6. The molecule has 1 fully saturated rings. The molecule has 1 aliphatic carbocycles. The fourth-order valence-electron chi connectivity index (χ4n) is 2.64. The van der Waals surface area contributed by atoms with Gasteiger partial charge in [-0.1, -0.05) is 19.3 Å². The van der Waals surface area contributed by atoms with Gasteiger partial charge < -0.3 is 15.5 Å². The van der Waals surface area contributed by atoms with Crippen LogP contribution < -0.4 is 5.32 Å². The van der Waals surface area contributed by atoms with Gasteiger partial charge in [-0.3, -0.25) is 0 Å². The van der Waals surface area contributed by atoms with E-state index >= 15 is 0 Å². The molecule has 2 rings (SSSR count). The summed E-state index contributed by atoms with van der Waals surface area (Å²) in [5.41, 5.74) is 0.711. The average Bonchev–Trinajstić information content (AvgIpc) is 2.46. The van der Waals surface area contributed by atoms with Crippen LogP contribution in [0.15, 0.2) is 18.3 Å². The monoisotopic (exact) mass is 264 g/mol. The fourth-order valence-corrected chi connectivity index (χ4v) is 2.64. The number of carbonyl (C=O) groups is 1. The van der Waals surface area contributed by atoms with E-state index in [1.165, 1.54) is 18.7 Å². The van der Waals surface area contributed by atoms with Crippen molar-refractivity contribution in [2.45, 2.75) is 32.1 Å². The third kappa shape index (κ3) is 3.44. The Bertz CT molecular complexity index is 442. The summed E-state index contributed by atoms with van der Waals surface area (Å²) in [5, 5.41) is 21.7. The van der Waals surface area contributed by atoms with Crippen LogP contribution in [0, 0.1) is 5.41 Å². The zero-order valence-corrected chi connectivity index (χ0v) is 10.9. The van der Waals surface area contributed by atoms with Gasteiger partial charge in [0.2, 0.25) is 0 Å². The molecule has 1 saturated carbocycles. The van der Waals surface area contributed by atoms with E-state index in [-0.39, 0.29) is 17.7 Å². The van der Waals surface area contributed by atoms with E-state index in [1.54, 1.807) is 6.07 Å². The summed E-state index contributed by atoms with van der Waals surface area (Å²) >= 11 is 0. The van der Waals surface area contributed by atoms with Crippen molar-refractivity contribution >= 4 is 11.7 Å². The number of carboxylic acids is 1. The van der Waals surface area contributed by atoms with E-state index in [0.717, 1.165) is 31.4 Å². The zero-order valence-electron chi connectivity index (χ0n) is 10.9. The number of hydrogen-bond acceptors (Lipinski definition) is 4. The number of aliphatic hydroxyl groups is 1. The molecular weight excluding hydrogens is 244 g/mol. The van der Waals surface area contributed by atoms with Gasteiger partial charge in [-0.2, -0.15) is 0 Å². The number of pyridine rings is 1. The SMILES string of the molecule is O=C(O)c1cc(NCC2(CO)CCCCC2)ccn1. The van der Waals surface area contributed by atoms with Gasteiger partial charge in [-0.25, -0.2) is 9.78 Å². The molecule has 0 atom stereocenters. The molecule has 5 nitrogen and oxygen atoms in total.